The fraction of sp³-hybridized carbons (Fsp3) is 0.0345. The summed E-state index contributed by atoms with van der Waals surface area (Å²) < 4.78 is 2.38. The topological polar surface area (TPSA) is 8.17 Å². The lowest BCUT2D eigenvalue weighted by molar-refractivity contribution is 0.660. The van der Waals surface area contributed by atoms with Crippen LogP contribution < -0.4 is 4.90 Å². The minimum absolute atomic E-state index is 0.285. The second kappa shape index (κ2) is 21.0. The Labute approximate surface area is 519 Å². The average molecular weight is 1130 g/mol. The van der Waals surface area contributed by atoms with Gasteiger partial charge in [0.1, 0.15) is 0 Å². The predicted molar refractivity (Wildman–Crippen MR) is 378 cm³/mol. The number of benzene rings is 15. The van der Waals surface area contributed by atoms with E-state index in [9.17, 15) is 0 Å². The molecule has 0 fully saturated rings. The molecule has 2 heteroatoms. The van der Waals surface area contributed by atoms with Crippen molar-refractivity contribution >= 4 is 71.2 Å². The van der Waals surface area contributed by atoms with Gasteiger partial charge in [-0.2, -0.15) is 0 Å². The minimum atomic E-state index is -0.285. The number of para-hydroxylation sites is 2. The molecule has 17 rings (SSSR count). The van der Waals surface area contributed by atoms with Gasteiger partial charge in [0.2, 0.25) is 0 Å². The summed E-state index contributed by atoms with van der Waals surface area (Å²) in [5.74, 6) is 0. The lowest BCUT2D eigenvalue weighted by Gasteiger charge is -2.28. The number of anilines is 3. The van der Waals surface area contributed by atoms with E-state index in [4.69, 9.17) is 0 Å². The van der Waals surface area contributed by atoms with Crippen molar-refractivity contribution in [2.45, 2.75) is 19.3 Å². The molecule has 0 N–H and O–H groups in total. The molecular formula is C87H60N2. The van der Waals surface area contributed by atoms with Crippen molar-refractivity contribution in [3.8, 4) is 83.6 Å². The van der Waals surface area contributed by atoms with E-state index in [1.54, 1.807) is 0 Å². The molecular weight excluding hydrogens is 1070 g/mol. The smallest absolute Gasteiger partial charge is 0.0541 e. The molecule has 1 aromatic heterocycles. The predicted octanol–water partition coefficient (Wildman–Crippen LogP) is 24.0. The molecule has 418 valence electrons. The Bertz CT molecular complexity index is 5440. The fourth-order valence-corrected chi connectivity index (χ4v) is 14.5. The number of rotatable bonds is 10. The Hall–Kier alpha value is -11.3. The van der Waals surface area contributed by atoms with Crippen LogP contribution in [-0.4, -0.2) is 4.57 Å². The zero-order valence-corrected chi connectivity index (χ0v) is 49.6. The summed E-state index contributed by atoms with van der Waals surface area (Å²) in [6, 6.07) is 121. The van der Waals surface area contributed by atoms with Gasteiger partial charge in [-0.25, -0.2) is 0 Å². The number of aromatic nitrogens is 1. The molecule has 89 heavy (non-hydrogen) atoms. The van der Waals surface area contributed by atoms with Gasteiger partial charge in [0.15, 0.2) is 0 Å². The third kappa shape index (κ3) is 8.86. The number of hydrogen-bond donors (Lipinski definition) is 0. The molecule has 15 aromatic carbocycles. The largest absolute Gasteiger partial charge is 0.310 e. The maximum Gasteiger partial charge on any atom is 0.0541 e. The maximum absolute atomic E-state index is 2.46. The van der Waals surface area contributed by atoms with E-state index < -0.39 is 0 Å². The first-order chi connectivity index (χ1) is 43.9. The van der Waals surface area contributed by atoms with Crippen molar-refractivity contribution < 1.29 is 0 Å². The van der Waals surface area contributed by atoms with Gasteiger partial charge in [0.25, 0.3) is 0 Å². The Kier molecular flexibility index (Phi) is 12.3. The van der Waals surface area contributed by atoms with Crippen LogP contribution in [0, 0.1) is 0 Å². The molecule has 16 aromatic rings. The minimum Gasteiger partial charge on any atom is -0.310 e. The fourth-order valence-electron chi connectivity index (χ4n) is 14.5. The molecule has 1 aliphatic carbocycles. The number of hydrogen-bond acceptors (Lipinski definition) is 1. The molecule has 0 amide bonds. The lowest BCUT2D eigenvalue weighted by Crippen LogP contribution is -2.16. The van der Waals surface area contributed by atoms with Crippen LogP contribution in [0.4, 0.5) is 17.1 Å². The van der Waals surface area contributed by atoms with E-state index in [-0.39, 0.29) is 5.41 Å². The zero-order valence-electron chi connectivity index (χ0n) is 49.6. The number of nitrogens with zero attached hydrogens (tertiary/aromatic N) is 2. The molecule has 0 atom stereocenters. The summed E-state index contributed by atoms with van der Waals surface area (Å²) in [4.78, 5) is 2.43. The molecule has 0 saturated heterocycles. The quantitative estimate of drug-likeness (QED) is 0.132. The maximum atomic E-state index is 2.46. The molecule has 0 radical (unpaired) electrons. The van der Waals surface area contributed by atoms with E-state index in [0.717, 1.165) is 22.7 Å². The van der Waals surface area contributed by atoms with Crippen molar-refractivity contribution in [2.24, 2.45) is 0 Å². The summed E-state index contributed by atoms with van der Waals surface area (Å²) in [5.41, 5.74) is 26.3. The summed E-state index contributed by atoms with van der Waals surface area (Å²) >= 11 is 0. The average Bonchev–Trinajstić information content (AvgIpc) is 1.85. The van der Waals surface area contributed by atoms with Gasteiger partial charge in [-0.15, -0.1) is 0 Å². The van der Waals surface area contributed by atoms with E-state index in [1.165, 1.54) is 143 Å². The summed E-state index contributed by atoms with van der Waals surface area (Å²) in [6.45, 7) is 4.81. The molecule has 1 aliphatic rings. The molecule has 0 bridgehead atoms. The van der Waals surface area contributed by atoms with Crippen LogP contribution in [0.25, 0.3) is 138 Å². The van der Waals surface area contributed by atoms with Crippen LogP contribution in [0.5, 0.6) is 0 Å². The van der Waals surface area contributed by atoms with Gasteiger partial charge in [0, 0.05) is 38.9 Å². The van der Waals surface area contributed by atoms with Gasteiger partial charge >= 0.3 is 0 Å². The normalized spacial score (nSPS) is 12.5. The highest BCUT2D eigenvalue weighted by atomic mass is 15.1. The van der Waals surface area contributed by atoms with Crippen LogP contribution >= 0.6 is 0 Å². The first-order valence-electron chi connectivity index (χ1n) is 31.0. The second-order valence-corrected chi connectivity index (χ2v) is 24.4. The van der Waals surface area contributed by atoms with Gasteiger partial charge in [-0.05, 0) is 212 Å². The highest BCUT2D eigenvalue weighted by Gasteiger charge is 2.36. The Morgan fingerprint density at radius 2 is 0.685 bits per heavy atom. The van der Waals surface area contributed by atoms with Gasteiger partial charge in [0.05, 0.1) is 11.0 Å². The Morgan fingerprint density at radius 3 is 1.40 bits per heavy atom. The van der Waals surface area contributed by atoms with Gasteiger partial charge in [-0.1, -0.05) is 250 Å². The molecule has 1 heterocycles. The third-order valence-corrected chi connectivity index (χ3v) is 19.0. The van der Waals surface area contributed by atoms with Crippen LogP contribution in [-0.2, 0) is 5.41 Å². The number of fused-ring (bicyclic) bond motifs is 9. The van der Waals surface area contributed by atoms with Crippen LogP contribution in [0.15, 0.2) is 328 Å². The van der Waals surface area contributed by atoms with Crippen molar-refractivity contribution in [2.75, 3.05) is 4.90 Å². The van der Waals surface area contributed by atoms with Crippen molar-refractivity contribution in [1.82, 2.24) is 4.57 Å². The standard InChI is InChI=1S/C87H60N2/c1-87(2)82-55-66(64-23-15-24-67(53-64)75-28-16-29-80-74(68-33-31-58-19-9-11-21-62(58)51-68)48-49-76(86(75)80)69-34-32-59-20-10-12-22-63(59)52-69)39-46-77(82)78-47-45-73(56-83(78)87)88(71-41-35-60(36-42-71)57-17-5-3-6-18-57)72-43-37-61(38-44-72)65-40-50-85-81(54-65)79-27-13-14-30-84(79)89(85)70-25-7-4-8-26-70/h3-56H,1-2H3. The Balaban J connectivity index is 0.734. The van der Waals surface area contributed by atoms with E-state index >= 15 is 0 Å². The van der Waals surface area contributed by atoms with Crippen LogP contribution in [0.3, 0.4) is 0 Å². The second-order valence-electron chi connectivity index (χ2n) is 24.4. The first-order valence-corrected chi connectivity index (χ1v) is 31.0. The molecule has 0 spiro atoms. The monoisotopic (exact) mass is 1130 g/mol. The summed E-state index contributed by atoms with van der Waals surface area (Å²) in [6.07, 6.45) is 0. The summed E-state index contributed by atoms with van der Waals surface area (Å²) in [5, 5.41) is 9.95. The van der Waals surface area contributed by atoms with Gasteiger partial charge < -0.3 is 9.47 Å². The third-order valence-electron chi connectivity index (χ3n) is 19.0. The highest BCUT2D eigenvalue weighted by Crippen LogP contribution is 2.52. The SMILES string of the molecule is CC1(C)c2cc(-c3cccc(-c4cccc5c(-c6ccc7ccccc7c6)ccc(-c6ccc7ccccc7c6)c45)c3)ccc2-c2ccc(N(c3ccc(-c4ccccc4)cc3)c3ccc(-c4ccc5c(c4)c4ccccc4n5-c4ccccc4)cc3)cc21. The first kappa shape index (κ1) is 52.0. The lowest BCUT2D eigenvalue weighted by atomic mass is 9.81. The highest BCUT2D eigenvalue weighted by molar-refractivity contribution is 6.14. The van der Waals surface area contributed by atoms with E-state index in [1.807, 2.05) is 0 Å². The molecule has 0 aliphatic heterocycles. The van der Waals surface area contributed by atoms with E-state index in [2.05, 4.69) is 351 Å². The van der Waals surface area contributed by atoms with Crippen molar-refractivity contribution in [3.05, 3.63) is 339 Å². The van der Waals surface area contributed by atoms with Crippen molar-refractivity contribution in [3.63, 3.8) is 0 Å². The van der Waals surface area contributed by atoms with E-state index in [0.29, 0.717) is 0 Å². The Morgan fingerprint density at radius 1 is 0.247 bits per heavy atom. The molecule has 2 nitrogen and oxygen atoms in total. The van der Waals surface area contributed by atoms with Crippen LogP contribution in [0.1, 0.15) is 25.0 Å². The molecule has 0 unspecified atom stereocenters. The molecule has 0 saturated carbocycles. The van der Waals surface area contributed by atoms with Gasteiger partial charge in [-0.3, -0.25) is 0 Å². The van der Waals surface area contributed by atoms with Crippen molar-refractivity contribution in [1.29, 1.82) is 0 Å². The summed E-state index contributed by atoms with van der Waals surface area (Å²) in [7, 11) is 0. The zero-order chi connectivity index (χ0) is 59.2. The van der Waals surface area contributed by atoms with Crippen LogP contribution in [0.2, 0.25) is 0 Å².